The van der Waals surface area contributed by atoms with Crippen LogP contribution in [0.3, 0.4) is 0 Å². The van der Waals surface area contributed by atoms with Crippen LogP contribution in [-0.4, -0.2) is 22.3 Å². The molecule has 0 amide bonds. The molecule has 0 aromatic carbocycles. The summed E-state index contributed by atoms with van der Waals surface area (Å²) >= 11 is 5.60. The number of hydrogen-bond donors (Lipinski definition) is 1. The van der Waals surface area contributed by atoms with Gasteiger partial charge < -0.3 is 0 Å². The van der Waals surface area contributed by atoms with Gasteiger partial charge in [-0.05, 0) is 0 Å². The van der Waals surface area contributed by atoms with E-state index in [2.05, 4.69) is 23.3 Å². The van der Waals surface area contributed by atoms with Crippen LogP contribution in [-0.2, 0) is 0 Å². The fraction of sp³-hybridized carbons (Fsp3) is 0.667. The SMILES string of the molecule is CN1N=[C]SC1S. The third-order valence-corrected chi connectivity index (χ3v) is 2.03. The van der Waals surface area contributed by atoms with Crippen molar-refractivity contribution in [3.8, 4) is 0 Å². The predicted octanol–water partition coefficient (Wildman–Crippen LogP) is 0.699. The van der Waals surface area contributed by atoms with Gasteiger partial charge in [0, 0.05) is 7.05 Å². The Balaban J connectivity index is 2.45. The van der Waals surface area contributed by atoms with E-state index in [1.807, 2.05) is 7.05 Å². The molecule has 1 rings (SSSR count). The first-order chi connectivity index (χ1) is 3.30. The lowest BCUT2D eigenvalue weighted by Gasteiger charge is -2.09. The number of thiol groups is 1. The van der Waals surface area contributed by atoms with E-state index < -0.39 is 0 Å². The first kappa shape index (κ1) is 5.31. The maximum atomic E-state index is 4.12. The predicted molar refractivity (Wildman–Crippen MR) is 35.6 cm³/mol. The van der Waals surface area contributed by atoms with Crippen molar-refractivity contribution in [2.75, 3.05) is 7.05 Å². The van der Waals surface area contributed by atoms with Gasteiger partial charge in [0.05, 0.1) is 0 Å². The number of hydrogen-bond acceptors (Lipinski definition) is 4. The zero-order valence-electron chi connectivity index (χ0n) is 3.83. The molecule has 1 heterocycles. The topological polar surface area (TPSA) is 15.6 Å². The van der Waals surface area contributed by atoms with Gasteiger partial charge in [-0.1, -0.05) is 11.8 Å². The molecule has 1 aliphatic rings. The van der Waals surface area contributed by atoms with Crippen LogP contribution >= 0.6 is 24.4 Å². The van der Waals surface area contributed by atoms with Crippen molar-refractivity contribution >= 4 is 29.9 Å². The molecule has 0 N–H and O–H groups in total. The van der Waals surface area contributed by atoms with E-state index in [1.165, 1.54) is 11.8 Å². The highest BCUT2D eigenvalue weighted by molar-refractivity contribution is 8.19. The summed E-state index contributed by atoms with van der Waals surface area (Å²) in [4.78, 5) is 0. The molecule has 0 spiro atoms. The lowest BCUT2D eigenvalue weighted by atomic mass is 11.1. The third-order valence-electron chi connectivity index (χ3n) is 0.676. The van der Waals surface area contributed by atoms with Crippen LogP contribution in [0.1, 0.15) is 0 Å². The largest absolute Gasteiger partial charge is 0.276 e. The second-order valence-electron chi connectivity index (χ2n) is 1.21. The van der Waals surface area contributed by atoms with Crippen molar-refractivity contribution in [1.29, 1.82) is 0 Å². The minimum absolute atomic E-state index is 0.181. The first-order valence-electron chi connectivity index (χ1n) is 1.83. The van der Waals surface area contributed by atoms with Gasteiger partial charge in [0.2, 0.25) is 0 Å². The molecule has 1 atom stereocenters. The fourth-order valence-electron chi connectivity index (χ4n) is 0.261. The van der Waals surface area contributed by atoms with Gasteiger partial charge in [-0.25, -0.2) is 0 Å². The molecule has 4 heteroatoms. The standard InChI is InChI=1S/C3H5N2S2/c1-5-3(6)7-2-4-5/h3,6H,1H3. The quantitative estimate of drug-likeness (QED) is 0.489. The lowest BCUT2D eigenvalue weighted by molar-refractivity contribution is 0.410. The Bertz CT molecular complexity index is 92.9. The molecular formula is C3H5N2S2. The van der Waals surface area contributed by atoms with Crippen molar-refractivity contribution in [3.05, 3.63) is 0 Å². The molecular weight excluding hydrogens is 128 g/mol. The summed E-state index contributed by atoms with van der Waals surface area (Å²) in [5, 5.41) is 5.53. The highest BCUT2D eigenvalue weighted by Gasteiger charge is 2.11. The molecule has 0 fully saturated rings. The first-order valence-corrected chi connectivity index (χ1v) is 3.22. The lowest BCUT2D eigenvalue weighted by Crippen LogP contribution is -2.12. The Morgan fingerprint density at radius 3 is 2.86 bits per heavy atom. The normalized spacial score (nSPS) is 29.4. The molecule has 0 bridgehead atoms. The number of thioether (sulfide) groups is 1. The maximum Gasteiger partial charge on any atom is 0.153 e. The van der Waals surface area contributed by atoms with Gasteiger partial charge in [0.15, 0.2) is 5.55 Å². The highest BCUT2D eigenvalue weighted by Crippen LogP contribution is 2.20. The van der Waals surface area contributed by atoms with Crippen molar-refractivity contribution in [3.63, 3.8) is 0 Å². The Morgan fingerprint density at radius 1 is 2.00 bits per heavy atom. The molecule has 1 aliphatic heterocycles. The Labute approximate surface area is 52.4 Å². The summed E-state index contributed by atoms with van der Waals surface area (Å²) in [5.41, 5.74) is 2.71. The van der Waals surface area contributed by atoms with Crippen molar-refractivity contribution in [2.45, 2.75) is 4.71 Å². The van der Waals surface area contributed by atoms with Gasteiger partial charge in [-0.15, -0.1) is 12.6 Å². The Hall–Kier alpha value is 0.170. The van der Waals surface area contributed by atoms with Crippen molar-refractivity contribution in [1.82, 2.24) is 5.01 Å². The number of nitrogens with zero attached hydrogens (tertiary/aromatic N) is 2. The molecule has 7 heavy (non-hydrogen) atoms. The zero-order chi connectivity index (χ0) is 5.28. The summed E-state index contributed by atoms with van der Waals surface area (Å²) < 4.78 is 0.181. The molecule has 1 radical (unpaired) electrons. The van der Waals surface area contributed by atoms with Crippen LogP contribution in [0.5, 0.6) is 0 Å². The van der Waals surface area contributed by atoms with E-state index in [-0.39, 0.29) is 4.71 Å². The van der Waals surface area contributed by atoms with Gasteiger partial charge in [0.1, 0.15) is 4.71 Å². The highest BCUT2D eigenvalue weighted by atomic mass is 32.2. The Morgan fingerprint density at radius 2 is 2.71 bits per heavy atom. The average Bonchev–Trinajstić information content (AvgIpc) is 1.91. The average molecular weight is 133 g/mol. The second kappa shape index (κ2) is 1.96. The van der Waals surface area contributed by atoms with E-state index in [9.17, 15) is 0 Å². The summed E-state index contributed by atoms with van der Waals surface area (Å²) in [6, 6.07) is 0. The summed E-state index contributed by atoms with van der Waals surface area (Å²) in [5.74, 6) is 0. The zero-order valence-corrected chi connectivity index (χ0v) is 5.54. The van der Waals surface area contributed by atoms with E-state index in [1.54, 1.807) is 5.01 Å². The number of rotatable bonds is 0. The molecule has 0 aromatic rings. The number of hydrazone groups is 1. The van der Waals surface area contributed by atoms with E-state index in [0.717, 1.165) is 0 Å². The van der Waals surface area contributed by atoms with E-state index in [0.29, 0.717) is 0 Å². The van der Waals surface area contributed by atoms with Gasteiger partial charge >= 0.3 is 0 Å². The molecule has 0 aromatic heterocycles. The van der Waals surface area contributed by atoms with Crippen LogP contribution in [0.2, 0.25) is 0 Å². The van der Waals surface area contributed by atoms with Crippen LogP contribution < -0.4 is 0 Å². The Kier molecular flexibility index (Phi) is 1.49. The molecule has 1 unspecified atom stereocenters. The summed E-state index contributed by atoms with van der Waals surface area (Å²) in [6.07, 6.45) is 0. The summed E-state index contributed by atoms with van der Waals surface area (Å²) in [6.45, 7) is 0. The van der Waals surface area contributed by atoms with Crippen LogP contribution in [0.4, 0.5) is 0 Å². The van der Waals surface area contributed by atoms with Crippen LogP contribution in [0.15, 0.2) is 5.10 Å². The molecule has 2 nitrogen and oxygen atoms in total. The van der Waals surface area contributed by atoms with Crippen LogP contribution in [0, 0.1) is 0 Å². The minimum Gasteiger partial charge on any atom is -0.276 e. The summed E-state index contributed by atoms with van der Waals surface area (Å²) in [7, 11) is 1.87. The fourth-order valence-corrected chi connectivity index (χ4v) is 0.924. The monoisotopic (exact) mass is 133 g/mol. The molecule has 0 saturated heterocycles. The van der Waals surface area contributed by atoms with E-state index in [4.69, 9.17) is 0 Å². The van der Waals surface area contributed by atoms with Gasteiger partial charge in [0.25, 0.3) is 0 Å². The van der Waals surface area contributed by atoms with Crippen LogP contribution in [0.25, 0.3) is 0 Å². The minimum atomic E-state index is 0.181. The van der Waals surface area contributed by atoms with Crippen molar-refractivity contribution in [2.24, 2.45) is 5.10 Å². The second-order valence-corrected chi connectivity index (χ2v) is 2.91. The van der Waals surface area contributed by atoms with Gasteiger partial charge in [-0.2, -0.15) is 5.10 Å². The van der Waals surface area contributed by atoms with Crippen molar-refractivity contribution < 1.29 is 0 Å². The van der Waals surface area contributed by atoms with E-state index >= 15 is 0 Å². The smallest absolute Gasteiger partial charge is 0.153 e. The van der Waals surface area contributed by atoms with Gasteiger partial charge in [-0.3, -0.25) is 5.01 Å². The molecule has 0 saturated carbocycles. The molecule has 0 aliphatic carbocycles. The molecule has 39 valence electrons. The third kappa shape index (κ3) is 1.04. The maximum absolute atomic E-state index is 4.12.